The Hall–Kier alpha value is -2.33. The second kappa shape index (κ2) is 8.20. The minimum Gasteiger partial charge on any atom is -0.487 e. The van der Waals surface area contributed by atoms with Crippen molar-refractivity contribution in [1.82, 2.24) is 5.32 Å². The largest absolute Gasteiger partial charge is 0.487 e. The van der Waals surface area contributed by atoms with E-state index in [4.69, 9.17) is 4.74 Å². The Kier molecular flexibility index (Phi) is 5.98. The van der Waals surface area contributed by atoms with Gasteiger partial charge in [0.15, 0.2) is 0 Å². The number of amides is 1. The standard InChI is InChI=1S/C18H22N2O2/c1-14-8-9-16(20-18(21)10-11-19-2)17(12-14)22-13-15-6-4-3-5-7-15/h3-9,12,19H,10-11,13H2,1-2H3,(H,20,21). The van der Waals surface area contributed by atoms with Crippen LogP contribution in [0.3, 0.4) is 0 Å². The predicted octanol–water partition coefficient (Wildman–Crippen LogP) is 3.12. The Morgan fingerprint density at radius 3 is 2.64 bits per heavy atom. The lowest BCUT2D eigenvalue weighted by Crippen LogP contribution is -2.19. The van der Waals surface area contributed by atoms with Gasteiger partial charge in [0.25, 0.3) is 0 Å². The first-order valence-electron chi connectivity index (χ1n) is 7.41. The van der Waals surface area contributed by atoms with Crippen molar-refractivity contribution in [3.05, 3.63) is 59.7 Å². The fourth-order valence-corrected chi connectivity index (χ4v) is 2.04. The van der Waals surface area contributed by atoms with Gasteiger partial charge in [-0.3, -0.25) is 4.79 Å². The monoisotopic (exact) mass is 298 g/mol. The third-order valence-corrected chi connectivity index (χ3v) is 3.25. The zero-order valence-corrected chi connectivity index (χ0v) is 13.1. The molecular formula is C18H22N2O2. The number of anilines is 1. The van der Waals surface area contributed by atoms with Crippen molar-refractivity contribution >= 4 is 11.6 Å². The Morgan fingerprint density at radius 2 is 1.91 bits per heavy atom. The molecule has 0 bridgehead atoms. The minimum absolute atomic E-state index is 0.0252. The lowest BCUT2D eigenvalue weighted by molar-refractivity contribution is -0.116. The van der Waals surface area contributed by atoms with Crippen LogP contribution < -0.4 is 15.4 Å². The van der Waals surface area contributed by atoms with Gasteiger partial charge >= 0.3 is 0 Å². The van der Waals surface area contributed by atoms with Crippen molar-refractivity contribution in [2.45, 2.75) is 20.0 Å². The maximum atomic E-state index is 11.9. The van der Waals surface area contributed by atoms with E-state index in [0.29, 0.717) is 31.0 Å². The number of rotatable bonds is 7. The molecule has 0 heterocycles. The molecule has 2 aromatic carbocycles. The van der Waals surface area contributed by atoms with Crippen LogP contribution in [-0.2, 0) is 11.4 Å². The summed E-state index contributed by atoms with van der Waals surface area (Å²) in [5.74, 6) is 0.671. The van der Waals surface area contributed by atoms with Crippen LogP contribution in [0.15, 0.2) is 48.5 Å². The van der Waals surface area contributed by atoms with E-state index in [1.54, 1.807) is 0 Å². The molecule has 22 heavy (non-hydrogen) atoms. The zero-order valence-electron chi connectivity index (χ0n) is 13.1. The summed E-state index contributed by atoms with van der Waals surface area (Å²) in [6.45, 7) is 3.13. The molecule has 0 fully saturated rings. The van der Waals surface area contributed by atoms with Gasteiger partial charge in [-0.05, 0) is 37.2 Å². The van der Waals surface area contributed by atoms with Gasteiger partial charge in [-0.15, -0.1) is 0 Å². The number of carbonyl (C=O) groups is 1. The summed E-state index contributed by atoms with van der Waals surface area (Å²) in [6, 6.07) is 15.8. The normalized spacial score (nSPS) is 10.3. The highest BCUT2D eigenvalue weighted by molar-refractivity contribution is 5.92. The van der Waals surface area contributed by atoms with Crippen LogP contribution >= 0.6 is 0 Å². The summed E-state index contributed by atoms with van der Waals surface area (Å²) in [6.07, 6.45) is 0.433. The van der Waals surface area contributed by atoms with E-state index in [0.717, 1.165) is 11.1 Å². The van der Waals surface area contributed by atoms with Crippen molar-refractivity contribution in [1.29, 1.82) is 0 Å². The number of hydrogen-bond acceptors (Lipinski definition) is 3. The number of nitrogens with one attached hydrogen (secondary N) is 2. The van der Waals surface area contributed by atoms with E-state index in [-0.39, 0.29) is 5.91 Å². The molecule has 0 aliphatic heterocycles. The van der Waals surface area contributed by atoms with Gasteiger partial charge in [-0.1, -0.05) is 36.4 Å². The van der Waals surface area contributed by atoms with E-state index in [1.165, 1.54) is 0 Å². The smallest absolute Gasteiger partial charge is 0.225 e. The van der Waals surface area contributed by atoms with Gasteiger partial charge in [0.1, 0.15) is 12.4 Å². The molecule has 0 radical (unpaired) electrons. The van der Waals surface area contributed by atoms with Gasteiger partial charge in [0.2, 0.25) is 5.91 Å². The average Bonchev–Trinajstić information content (AvgIpc) is 2.54. The summed E-state index contributed by atoms with van der Waals surface area (Å²) >= 11 is 0. The van der Waals surface area contributed by atoms with Crippen LogP contribution in [0.25, 0.3) is 0 Å². The van der Waals surface area contributed by atoms with Crippen molar-refractivity contribution in [2.75, 3.05) is 18.9 Å². The van der Waals surface area contributed by atoms with Gasteiger partial charge < -0.3 is 15.4 Å². The number of ether oxygens (including phenoxy) is 1. The molecule has 2 rings (SSSR count). The first-order valence-corrected chi connectivity index (χ1v) is 7.41. The Labute approximate surface area is 131 Å². The molecule has 4 heteroatoms. The van der Waals surface area contributed by atoms with Gasteiger partial charge in [-0.25, -0.2) is 0 Å². The van der Waals surface area contributed by atoms with Crippen molar-refractivity contribution < 1.29 is 9.53 Å². The fourth-order valence-electron chi connectivity index (χ4n) is 2.04. The first-order chi connectivity index (χ1) is 10.7. The molecule has 0 aliphatic rings. The number of carbonyl (C=O) groups excluding carboxylic acids is 1. The first kappa shape index (κ1) is 16.0. The highest BCUT2D eigenvalue weighted by Gasteiger charge is 2.08. The molecule has 0 aliphatic carbocycles. The third-order valence-electron chi connectivity index (χ3n) is 3.25. The Balaban J connectivity index is 2.05. The molecule has 0 unspecified atom stereocenters. The molecule has 0 saturated carbocycles. The van der Waals surface area contributed by atoms with E-state index < -0.39 is 0 Å². The van der Waals surface area contributed by atoms with Crippen molar-refractivity contribution in [3.63, 3.8) is 0 Å². The molecule has 116 valence electrons. The quantitative estimate of drug-likeness (QED) is 0.825. The molecule has 0 saturated heterocycles. The molecule has 0 atom stereocenters. The van der Waals surface area contributed by atoms with Crippen LogP contribution in [0.4, 0.5) is 5.69 Å². The van der Waals surface area contributed by atoms with E-state index in [1.807, 2.05) is 62.5 Å². The molecule has 4 nitrogen and oxygen atoms in total. The van der Waals surface area contributed by atoms with Crippen molar-refractivity contribution in [3.8, 4) is 5.75 Å². The van der Waals surface area contributed by atoms with Gasteiger partial charge in [0, 0.05) is 13.0 Å². The lowest BCUT2D eigenvalue weighted by atomic mass is 10.2. The van der Waals surface area contributed by atoms with E-state index in [2.05, 4.69) is 10.6 Å². The molecule has 0 aromatic heterocycles. The third kappa shape index (κ3) is 4.90. The van der Waals surface area contributed by atoms with Crippen LogP contribution in [-0.4, -0.2) is 19.5 Å². The maximum absolute atomic E-state index is 11.9. The average molecular weight is 298 g/mol. The van der Waals surface area contributed by atoms with Crippen LogP contribution in [0.2, 0.25) is 0 Å². The highest BCUT2D eigenvalue weighted by atomic mass is 16.5. The van der Waals surface area contributed by atoms with Crippen LogP contribution in [0, 0.1) is 6.92 Å². The SMILES string of the molecule is CNCCC(=O)Nc1ccc(C)cc1OCc1ccccc1. The lowest BCUT2D eigenvalue weighted by Gasteiger charge is -2.13. The molecule has 2 N–H and O–H groups in total. The van der Waals surface area contributed by atoms with E-state index >= 15 is 0 Å². The Bertz CT molecular complexity index is 612. The molecule has 0 spiro atoms. The van der Waals surface area contributed by atoms with Crippen LogP contribution in [0.1, 0.15) is 17.5 Å². The summed E-state index contributed by atoms with van der Waals surface area (Å²) in [5.41, 5.74) is 2.90. The number of benzene rings is 2. The summed E-state index contributed by atoms with van der Waals surface area (Å²) in [4.78, 5) is 11.9. The number of hydrogen-bond donors (Lipinski definition) is 2. The molecular weight excluding hydrogens is 276 g/mol. The summed E-state index contributed by atoms with van der Waals surface area (Å²) in [5, 5.41) is 5.87. The van der Waals surface area contributed by atoms with Gasteiger partial charge in [0.05, 0.1) is 5.69 Å². The fraction of sp³-hybridized carbons (Fsp3) is 0.278. The van der Waals surface area contributed by atoms with Crippen LogP contribution in [0.5, 0.6) is 5.75 Å². The summed E-state index contributed by atoms with van der Waals surface area (Å²) in [7, 11) is 1.83. The molecule has 2 aromatic rings. The predicted molar refractivity (Wildman–Crippen MR) is 89.1 cm³/mol. The Morgan fingerprint density at radius 1 is 1.14 bits per heavy atom. The van der Waals surface area contributed by atoms with E-state index in [9.17, 15) is 4.79 Å². The second-order valence-electron chi connectivity index (χ2n) is 5.18. The number of aryl methyl sites for hydroxylation is 1. The van der Waals surface area contributed by atoms with Gasteiger partial charge in [-0.2, -0.15) is 0 Å². The topological polar surface area (TPSA) is 50.4 Å². The zero-order chi connectivity index (χ0) is 15.8. The second-order valence-corrected chi connectivity index (χ2v) is 5.18. The minimum atomic E-state index is -0.0252. The van der Waals surface area contributed by atoms with Crippen molar-refractivity contribution in [2.24, 2.45) is 0 Å². The summed E-state index contributed by atoms with van der Waals surface area (Å²) < 4.78 is 5.88. The molecule has 1 amide bonds. The maximum Gasteiger partial charge on any atom is 0.225 e. The highest BCUT2D eigenvalue weighted by Crippen LogP contribution is 2.26.